The summed E-state index contributed by atoms with van der Waals surface area (Å²) in [4.78, 5) is 12.4. The Hall–Kier alpha value is -3.20. The number of nitrogens with one attached hydrogen (secondary N) is 3. The Morgan fingerprint density at radius 1 is 1.06 bits per heavy atom. The maximum absolute atomic E-state index is 12.4. The van der Waals surface area contributed by atoms with Gasteiger partial charge in [-0.25, -0.2) is 0 Å². The van der Waals surface area contributed by atoms with E-state index in [2.05, 4.69) is 20.7 Å². The topological polar surface area (TPSA) is 75.5 Å². The molecule has 4 rings (SSSR count). The molecule has 0 atom stereocenters. The molecule has 0 bridgehead atoms. The number of ether oxygens (including phenoxy) is 1. The van der Waals surface area contributed by atoms with Gasteiger partial charge in [-0.2, -0.15) is 0 Å². The Labute approximate surface area is 176 Å². The van der Waals surface area contributed by atoms with Gasteiger partial charge < -0.3 is 25.1 Å². The maximum Gasteiger partial charge on any atom is 0.573 e. The summed E-state index contributed by atoms with van der Waals surface area (Å²) in [5, 5.41) is 10.1. The lowest BCUT2D eigenvalue weighted by Crippen LogP contribution is -2.35. The zero-order chi connectivity index (χ0) is 21.8. The fraction of sp³-hybridized carbons (Fsp3) is 0.318. The quantitative estimate of drug-likeness (QED) is 0.521. The second-order valence-electron chi connectivity index (χ2n) is 7.46. The average molecular weight is 433 g/mol. The van der Waals surface area contributed by atoms with Gasteiger partial charge in [0, 0.05) is 29.4 Å². The van der Waals surface area contributed by atoms with Crippen LogP contribution in [0.4, 0.5) is 24.5 Å². The van der Waals surface area contributed by atoms with Crippen molar-refractivity contribution in [2.24, 2.45) is 5.92 Å². The SMILES string of the molecule is O=C(NCC1CCNCC1)c1cc2ccc(Nc3ccc(OC(F)(F)F)cc3)cc2o1. The molecular weight excluding hydrogens is 411 g/mol. The van der Waals surface area contributed by atoms with Crippen LogP contribution in [0.25, 0.3) is 11.0 Å². The van der Waals surface area contributed by atoms with Crippen LogP contribution in [-0.4, -0.2) is 31.9 Å². The number of piperidine rings is 1. The molecule has 2 aromatic carbocycles. The molecule has 1 aliphatic heterocycles. The predicted octanol–water partition coefficient (Wildman–Crippen LogP) is 4.80. The summed E-state index contributed by atoms with van der Waals surface area (Å²) in [7, 11) is 0. The highest BCUT2D eigenvalue weighted by Gasteiger charge is 2.30. The molecule has 3 aromatic rings. The molecule has 0 saturated carbocycles. The monoisotopic (exact) mass is 433 g/mol. The van der Waals surface area contributed by atoms with E-state index in [-0.39, 0.29) is 17.4 Å². The van der Waals surface area contributed by atoms with Gasteiger partial charge in [-0.1, -0.05) is 0 Å². The molecule has 1 saturated heterocycles. The normalized spacial score (nSPS) is 15.1. The van der Waals surface area contributed by atoms with Crippen molar-refractivity contribution in [1.29, 1.82) is 0 Å². The van der Waals surface area contributed by atoms with Gasteiger partial charge in [0.15, 0.2) is 5.76 Å². The van der Waals surface area contributed by atoms with Crippen LogP contribution >= 0.6 is 0 Å². The summed E-state index contributed by atoms with van der Waals surface area (Å²) in [6.45, 7) is 2.57. The fourth-order valence-corrected chi connectivity index (χ4v) is 3.54. The average Bonchev–Trinajstić information content (AvgIpc) is 3.17. The summed E-state index contributed by atoms with van der Waals surface area (Å²) in [5.74, 6) is 0.178. The molecule has 1 aromatic heterocycles. The van der Waals surface area contributed by atoms with E-state index in [0.29, 0.717) is 29.4 Å². The van der Waals surface area contributed by atoms with Gasteiger partial charge in [-0.15, -0.1) is 13.2 Å². The number of amides is 1. The first-order valence-corrected chi connectivity index (χ1v) is 10.0. The summed E-state index contributed by atoms with van der Waals surface area (Å²) in [6, 6.07) is 12.5. The first kappa shape index (κ1) is 21.0. The minimum atomic E-state index is -4.73. The van der Waals surface area contributed by atoms with Gasteiger partial charge in [0.2, 0.25) is 0 Å². The molecule has 31 heavy (non-hydrogen) atoms. The van der Waals surface area contributed by atoms with E-state index in [9.17, 15) is 18.0 Å². The zero-order valence-corrected chi connectivity index (χ0v) is 16.6. The van der Waals surface area contributed by atoms with Crippen LogP contribution < -0.4 is 20.7 Å². The van der Waals surface area contributed by atoms with Crippen LogP contribution in [0.15, 0.2) is 52.9 Å². The van der Waals surface area contributed by atoms with E-state index >= 15 is 0 Å². The molecule has 1 fully saturated rings. The molecule has 0 radical (unpaired) electrons. The molecule has 0 spiro atoms. The maximum atomic E-state index is 12.4. The molecule has 0 aliphatic carbocycles. The Bertz CT molecular complexity index is 1040. The van der Waals surface area contributed by atoms with Gasteiger partial charge in [-0.3, -0.25) is 4.79 Å². The molecule has 2 heterocycles. The summed E-state index contributed by atoms with van der Waals surface area (Å²) in [6.07, 6.45) is -2.64. The van der Waals surface area contributed by atoms with Crippen molar-refractivity contribution in [2.45, 2.75) is 19.2 Å². The molecule has 0 unspecified atom stereocenters. The van der Waals surface area contributed by atoms with Gasteiger partial charge >= 0.3 is 6.36 Å². The van der Waals surface area contributed by atoms with Gasteiger partial charge in [0.25, 0.3) is 5.91 Å². The standard InChI is InChI=1S/C22H22F3N3O3/c23-22(24,25)31-18-5-3-16(4-6-18)28-17-2-1-15-11-20(30-19(15)12-17)21(29)27-13-14-7-9-26-10-8-14/h1-6,11-12,14,26,28H,7-10,13H2,(H,27,29). The van der Waals surface area contributed by atoms with Crippen molar-refractivity contribution >= 4 is 28.3 Å². The summed E-state index contributed by atoms with van der Waals surface area (Å²) in [5.41, 5.74) is 1.79. The lowest BCUT2D eigenvalue weighted by Gasteiger charge is -2.22. The molecule has 3 N–H and O–H groups in total. The Kier molecular flexibility index (Phi) is 6.03. The number of halogens is 3. The predicted molar refractivity (Wildman–Crippen MR) is 111 cm³/mol. The van der Waals surface area contributed by atoms with Crippen LogP contribution in [-0.2, 0) is 0 Å². The van der Waals surface area contributed by atoms with E-state index in [1.165, 1.54) is 24.3 Å². The van der Waals surface area contributed by atoms with E-state index < -0.39 is 6.36 Å². The van der Waals surface area contributed by atoms with E-state index in [1.807, 2.05) is 6.07 Å². The number of carbonyl (C=O) groups is 1. The van der Waals surface area contributed by atoms with Crippen molar-refractivity contribution < 1.29 is 27.1 Å². The highest BCUT2D eigenvalue weighted by Crippen LogP contribution is 2.28. The molecule has 6 nitrogen and oxygen atoms in total. The number of furan rings is 1. The van der Waals surface area contributed by atoms with Crippen LogP contribution in [0, 0.1) is 5.92 Å². The smallest absolute Gasteiger partial charge is 0.451 e. The summed E-state index contributed by atoms with van der Waals surface area (Å²) >= 11 is 0. The number of hydrogen-bond acceptors (Lipinski definition) is 5. The zero-order valence-electron chi connectivity index (χ0n) is 16.6. The highest BCUT2D eigenvalue weighted by molar-refractivity contribution is 5.96. The fourth-order valence-electron chi connectivity index (χ4n) is 3.54. The Morgan fingerprint density at radius 3 is 2.48 bits per heavy atom. The van der Waals surface area contributed by atoms with Crippen LogP contribution in [0.2, 0.25) is 0 Å². The first-order chi connectivity index (χ1) is 14.9. The second-order valence-corrected chi connectivity index (χ2v) is 7.46. The number of rotatable bonds is 6. The molecule has 1 amide bonds. The minimum absolute atomic E-state index is 0.245. The van der Waals surface area contributed by atoms with E-state index in [4.69, 9.17) is 4.42 Å². The molecule has 9 heteroatoms. The van der Waals surface area contributed by atoms with E-state index in [0.717, 1.165) is 31.3 Å². The second kappa shape index (κ2) is 8.89. The molecular formula is C22H22F3N3O3. The Morgan fingerprint density at radius 2 is 1.77 bits per heavy atom. The number of benzene rings is 2. The first-order valence-electron chi connectivity index (χ1n) is 10.0. The van der Waals surface area contributed by atoms with Gasteiger partial charge in [0.05, 0.1) is 0 Å². The van der Waals surface area contributed by atoms with Crippen molar-refractivity contribution in [3.63, 3.8) is 0 Å². The van der Waals surface area contributed by atoms with E-state index in [1.54, 1.807) is 18.2 Å². The number of anilines is 2. The third-order valence-electron chi connectivity index (χ3n) is 5.13. The van der Waals surface area contributed by atoms with Crippen molar-refractivity contribution in [2.75, 3.05) is 25.0 Å². The lowest BCUT2D eigenvalue weighted by atomic mass is 9.98. The van der Waals surface area contributed by atoms with Gasteiger partial charge in [0.1, 0.15) is 11.3 Å². The number of hydrogen-bond donors (Lipinski definition) is 3. The van der Waals surface area contributed by atoms with Crippen LogP contribution in [0.3, 0.4) is 0 Å². The third kappa shape index (κ3) is 5.69. The minimum Gasteiger partial charge on any atom is -0.451 e. The number of alkyl halides is 3. The van der Waals surface area contributed by atoms with Crippen molar-refractivity contribution in [3.8, 4) is 5.75 Å². The number of fused-ring (bicyclic) bond motifs is 1. The van der Waals surface area contributed by atoms with Crippen LogP contribution in [0.5, 0.6) is 5.75 Å². The van der Waals surface area contributed by atoms with Crippen molar-refractivity contribution in [1.82, 2.24) is 10.6 Å². The largest absolute Gasteiger partial charge is 0.573 e. The van der Waals surface area contributed by atoms with Crippen LogP contribution in [0.1, 0.15) is 23.4 Å². The Balaban J connectivity index is 1.39. The lowest BCUT2D eigenvalue weighted by molar-refractivity contribution is -0.274. The molecule has 164 valence electrons. The molecule has 1 aliphatic rings. The highest BCUT2D eigenvalue weighted by atomic mass is 19.4. The van der Waals surface area contributed by atoms with Gasteiger partial charge in [-0.05, 0) is 74.3 Å². The summed E-state index contributed by atoms with van der Waals surface area (Å²) < 4.78 is 46.4. The third-order valence-corrected chi connectivity index (χ3v) is 5.13. The van der Waals surface area contributed by atoms with Crippen molar-refractivity contribution in [3.05, 3.63) is 54.3 Å². The number of carbonyl (C=O) groups excluding carboxylic acids is 1.